The molecular formula is C26H33N3O2. The van der Waals surface area contributed by atoms with E-state index < -0.39 is 0 Å². The van der Waals surface area contributed by atoms with Crippen molar-refractivity contribution >= 4 is 11.8 Å². The van der Waals surface area contributed by atoms with E-state index in [1.54, 1.807) is 0 Å². The summed E-state index contributed by atoms with van der Waals surface area (Å²) in [5, 5.41) is 0. The highest BCUT2D eigenvalue weighted by atomic mass is 16.2. The van der Waals surface area contributed by atoms with Gasteiger partial charge in [0, 0.05) is 39.1 Å². The Balaban J connectivity index is 1.23. The summed E-state index contributed by atoms with van der Waals surface area (Å²) in [6.07, 6.45) is 3.60. The standard InChI is InChI=1S/C26H33N3O2/c30-25-19-24(21-29(25)20-23-11-5-2-6-12-23)26(31)28-16-8-15-27(17-18-28)14-7-13-22-9-3-1-4-10-22/h1-6,9-12,24H,7-8,13-21H2. The van der Waals surface area contributed by atoms with Crippen LogP contribution in [0.2, 0.25) is 0 Å². The first-order chi connectivity index (χ1) is 15.2. The van der Waals surface area contributed by atoms with Gasteiger partial charge in [0.2, 0.25) is 11.8 Å². The molecule has 5 nitrogen and oxygen atoms in total. The Hall–Kier alpha value is -2.66. The lowest BCUT2D eigenvalue weighted by Crippen LogP contribution is -2.40. The maximum atomic E-state index is 13.1. The van der Waals surface area contributed by atoms with Crippen LogP contribution in [0.1, 0.15) is 30.4 Å². The van der Waals surface area contributed by atoms with Gasteiger partial charge in [-0.15, -0.1) is 0 Å². The number of carbonyl (C=O) groups excluding carboxylic acids is 2. The van der Waals surface area contributed by atoms with Gasteiger partial charge in [-0.25, -0.2) is 0 Å². The number of nitrogens with zero attached hydrogens (tertiary/aromatic N) is 3. The van der Waals surface area contributed by atoms with Gasteiger partial charge in [-0.3, -0.25) is 9.59 Å². The van der Waals surface area contributed by atoms with Gasteiger partial charge >= 0.3 is 0 Å². The summed E-state index contributed by atoms with van der Waals surface area (Å²) >= 11 is 0. The average molecular weight is 420 g/mol. The van der Waals surface area contributed by atoms with Gasteiger partial charge in [-0.1, -0.05) is 60.7 Å². The molecule has 2 aromatic carbocycles. The number of benzene rings is 2. The number of aryl methyl sites for hydroxylation is 1. The number of hydrogen-bond donors (Lipinski definition) is 0. The van der Waals surface area contributed by atoms with E-state index in [1.807, 2.05) is 40.1 Å². The Morgan fingerprint density at radius 3 is 2.32 bits per heavy atom. The van der Waals surface area contributed by atoms with E-state index in [1.165, 1.54) is 5.56 Å². The minimum atomic E-state index is -0.194. The molecule has 2 aliphatic rings. The number of carbonyl (C=O) groups is 2. The number of hydrogen-bond acceptors (Lipinski definition) is 3. The van der Waals surface area contributed by atoms with E-state index in [2.05, 4.69) is 35.2 Å². The van der Waals surface area contributed by atoms with Crippen molar-refractivity contribution in [1.29, 1.82) is 0 Å². The van der Waals surface area contributed by atoms with Crippen LogP contribution in [0.3, 0.4) is 0 Å². The fourth-order valence-electron chi connectivity index (χ4n) is 4.72. The Kier molecular flexibility index (Phi) is 7.36. The highest BCUT2D eigenvalue weighted by molar-refractivity contribution is 5.89. The van der Waals surface area contributed by atoms with Crippen LogP contribution in [0.15, 0.2) is 60.7 Å². The SMILES string of the molecule is O=C1CC(C(=O)N2CCCN(CCCc3ccccc3)CC2)CN1Cc1ccccc1. The first kappa shape index (κ1) is 21.6. The van der Waals surface area contributed by atoms with Crippen LogP contribution < -0.4 is 0 Å². The van der Waals surface area contributed by atoms with Crippen molar-refractivity contribution in [3.63, 3.8) is 0 Å². The minimum absolute atomic E-state index is 0.0968. The fourth-order valence-corrected chi connectivity index (χ4v) is 4.72. The highest BCUT2D eigenvalue weighted by Crippen LogP contribution is 2.23. The molecule has 31 heavy (non-hydrogen) atoms. The molecule has 2 saturated heterocycles. The van der Waals surface area contributed by atoms with E-state index in [0.717, 1.165) is 57.5 Å². The Morgan fingerprint density at radius 1 is 0.871 bits per heavy atom. The van der Waals surface area contributed by atoms with Crippen LogP contribution in [0.4, 0.5) is 0 Å². The fraction of sp³-hybridized carbons (Fsp3) is 0.462. The molecule has 0 aliphatic carbocycles. The molecule has 2 heterocycles. The van der Waals surface area contributed by atoms with Gasteiger partial charge in [0.1, 0.15) is 0 Å². The van der Waals surface area contributed by atoms with Crippen LogP contribution in [0.5, 0.6) is 0 Å². The highest BCUT2D eigenvalue weighted by Gasteiger charge is 2.36. The van der Waals surface area contributed by atoms with Crippen LogP contribution >= 0.6 is 0 Å². The monoisotopic (exact) mass is 419 g/mol. The second-order valence-corrected chi connectivity index (χ2v) is 8.77. The summed E-state index contributed by atoms with van der Waals surface area (Å²) in [5.41, 5.74) is 2.50. The third kappa shape index (κ3) is 5.95. The van der Waals surface area contributed by atoms with Gasteiger partial charge in [0.15, 0.2) is 0 Å². The van der Waals surface area contributed by atoms with E-state index in [0.29, 0.717) is 19.5 Å². The van der Waals surface area contributed by atoms with E-state index in [-0.39, 0.29) is 17.7 Å². The Bertz CT molecular complexity index is 855. The minimum Gasteiger partial charge on any atom is -0.341 e. The van der Waals surface area contributed by atoms with Crippen LogP contribution in [0, 0.1) is 5.92 Å². The molecule has 0 N–H and O–H groups in total. The van der Waals surface area contributed by atoms with Gasteiger partial charge in [-0.2, -0.15) is 0 Å². The topological polar surface area (TPSA) is 43.9 Å². The van der Waals surface area contributed by atoms with Crippen LogP contribution in [-0.2, 0) is 22.6 Å². The summed E-state index contributed by atoms with van der Waals surface area (Å²) in [5.74, 6) is 0.0652. The summed E-state index contributed by atoms with van der Waals surface area (Å²) in [6.45, 7) is 5.76. The van der Waals surface area contributed by atoms with Gasteiger partial charge in [0.05, 0.1) is 5.92 Å². The van der Waals surface area contributed by atoms with Gasteiger partial charge in [-0.05, 0) is 43.5 Å². The van der Waals surface area contributed by atoms with Crippen molar-refractivity contribution in [3.05, 3.63) is 71.8 Å². The van der Waals surface area contributed by atoms with Gasteiger partial charge < -0.3 is 14.7 Å². The number of rotatable bonds is 7. The molecule has 1 atom stereocenters. The molecule has 164 valence electrons. The second kappa shape index (κ2) is 10.6. The molecule has 2 fully saturated rings. The van der Waals surface area contributed by atoms with Crippen molar-refractivity contribution < 1.29 is 9.59 Å². The summed E-state index contributed by atoms with van der Waals surface area (Å²) in [6, 6.07) is 20.6. The molecule has 0 radical (unpaired) electrons. The molecule has 0 spiro atoms. The predicted octanol–water partition coefficient (Wildman–Crippen LogP) is 3.20. The quantitative estimate of drug-likeness (QED) is 0.692. The number of amides is 2. The van der Waals surface area contributed by atoms with Crippen molar-refractivity contribution in [1.82, 2.24) is 14.7 Å². The lowest BCUT2D eigenvalue weighted by atomic mass is 10.1. The van der Waals surface area contributed by atoms with Crippen molar-refractivity contribution in [2.75, 3.05) is 39.3 Å². The molecule has 5 heteroatoms. The lowest BCUT2D eigenvalue weighted by Gasteiger charge is -2.24. The third-order valence-electron chi connectivity index (χ3n) is 6.46. The first-order valence-corrected chi connectivity index (χ1v) is 11.6. The zero-order chi connectivity index (χ0) is 21.5. The van der Waals surface area contributed by atoms with Crippen molar-refractivity contribution in [2.45, 2.75) is 32.2 Å². The van der Waals surface area contributed by atoms with Gasteiger partial charge in [0.25, 0.3) is 0 Å². The van der Waals surface area contributed by atoms with Crippen LogP contribution in [0.25, 0.3) is 0 Å². The molecule has 2 amide bonds. The largest absolute Gasteiger partial charge is 0.341 e. The maximum Gasteiger partial charge on any atom is 0.228 e. The summed E-state index contributed by atoms with van der Waals surface area (Å²) < 4.78 is 0. The molecule has 0 saturated carbocycles. The normalized spacial score (nSPS) is 20.1. The Morgan fingerprint density at radius 2 is 1.58 bits per heavy atom. The zero-order valence-electron chi connectivity index (χ0n) is 18.3. The van der Waals surface area contributed by atoms with E-state index >= 15 is 0 Å². The number of likely N-dealkylation sites (tertiary alicyclic amines) is 1. The second-order valence-electron chi connectivity index (χ2n) is 8.77. The predicted molar refractivity (Wildman–Crippen MR) is 122 cm³/mol. The van der Waals surface area contributed by atoms with E-state index in [4.69, 9.17) is 0 Å². The van der Waals surface area contributed by atoms with E-state index in [9.17, 15) is 9.59 Å². The molecular weight excluding hydrogens is 386 g/mol. The molecule has 0 bridgehead atoms. The molecule has 1 unspecified atom stereocenters. The molecule has 0 aromatic heterocycles. The zero-order valence-corrected chi connectivity index (χ0v) is 18.3. The Labute approximate surface area is 185 Å². The van der Waals surface area contributed by atoms with Crippen molar-refractivity contribution in [2.24, 2.45) is 5.92 Å². The third-order valence-corrected chi connectivity index (χ3v) is 6.46. The van der Waals surface area contributed by atoms with Crippen LogP contribution in [-0.4, -0.2) is 65.8 Å². The lowest BCUT2D eigenvalue weighted by molar-refractivity contribution is -0.135. The summed E-state index contributed by atoms with van der Waals surface area (Å²) in [4.78, 5) is 31.9. The molecule has 4 rings (SSSR count). The smallest absolute Gasteiger partial charge is 0.228 e. The molecule has 2 aromatic rings. The molecule has 2 aliphatic heterocycles. The van der Waals surface area contributed by atoms with Crippen molar-refractivity contribution in [3.8, 4) is 0 Å². The average Bonchev–Trinajstić information content (AvgIpc) is 3.00. The maximum absolute atomic E-state index is 13.1. The summed E-state index contributed by atoms with van der Waals surface area (Å²) in [7, 11) is 0. The first-order valence-electron chi connectivity index (χ1n) is 11.6.